The number of aldehydes is 1. The van der Waals surface area contributed by atoms with Gasteiger partial charge in [-0.3, -0.25) is 4.79 Å². The summed E-state index contributed by atoms with van der Waals surface area (Å²) >= 11 is 0. The summed E-state index contributed by atoms with van der Waals surface area (Å²) < 4.78 is 0. The molecule has 0 radical (unpaired) electrons. The van der Waals surface area contributed by atoms with E-state index in [2.05, 4.69) is 32.1 Å². The van der Waals surface area contributed by atoms with Crippen LogP contribution in [0.4, 0.5) is 0 Å². The van der Waals surface area contributed by atoms with Crippen LogP contribution in [0.15, 0.2) is 23.8 Å². The molecule has 0 atom stereocenters. The third-order valence-corrected chi connectivity index (χ3v) is 6.84. The van der Waals surface area contributed by atoms with E-state index in [9.17, 15) is 4.79 Å². The minimum absolute atomic E-state index is 0.990. The number of hydrogen-bond donors (Lipinski definition) is 0. The van der Waals surface area contributed by atoms with Crippen LogP contribution < -0.4 is 0 Å². The first-order chi connectivity index (χ1) is 16.3. The van der Waals surface area contributed by atoms with E-state index < -0.39 is 0 Å². The largest absolute Gasteiger partial charge is 0.298 e. The Labute approximate surface area is 209 Å². The Morgan fingerprint density at radius 3 is 1.24 bits per heavy atom. The zero-order valence-electron chi connectivity index (χ0n) is 22.9. The monoisotopic (exact) mass is 460 g/mol. The number of unbranched alkanes of at least 4 members (excludes halogenated alkanes) is 21. The molecule has 0 aliphatic heterocycles. The first-order valence-corrected chi connectivity index (χ1v) is 15.1. The lowest BCUT2D eigenvalue weighted by atomic mass is 10.0. The van der Waals surface area contributed by atoms with Gasteiger partial charge in [-0.1, -0.05) is 141 Å². The molecule has 0 amide bonds. The molecular formula is C32H60O. The zero-order valence-corrected chi connectivity index (χ0v) is 22.9. The summed E-state index contributed by atoms with van der Waals surface area (Å²) in [7, 11) is 0. The van der Waals surface area contributed by atoms with E-state index in [0.29, 0.717) is 0 Å². The van der Waals surface area contributed by atoms with E-state index >= 15 is 0 Å². The van der Waals surface area contributed by atoms with Gasteiger partial charge in [0.25, 0.3) is 0 Å². The van der Waals surface area contributed by atoms with E-state index in [0.717, 1.165) is 24.7 Å². The molecule has 0 aromatic heterocycles. The van der Waals surface area contributed by atoms with Crippen LogP contribution in [-0.4, -0.2) is 6.29 Å². The van der Waals surface area contributed by atoms with Crippen LogP contribution in [0.5, 0.6) is 0 Å². The minimum Gasteiger partial charge on any atom is -0.298 e. The average molecular weight is 461 g/mol. The maximum atomic E-state index is 11.3. The molecule has 0 heterocycles. The van der Waals surface area contributed by atoms with E-state index in [-0.39, 0.29) is 0 Å². The molecule has 0 rings (SSSR count). The van der Waals surface area contributed by atoms with Crippen molar-refractivity contribution in [3.8, 4) is 0 Å². The lowest BCUT2D eigenvalue weighted by Gasteiger charge is -2.03. The Morgan fingerprint density at radius 2 is 0.818 bits per heavy atom. The van der Waals surface area contributed by atoms with Crippen molar-refractivity contribution in [2.75, 3.05) is 0 Å². The first-order valence-electron chi connectivity index (χ1n) is 15.1. The Hall–Kier alpha value is -0.850. The van der Waals surface area contributed by atoms with Gasteiger partial charge in [0.15, 0.2) is 0 Å². The van der Waals surface area contributed by atoms with Crippen LogP contribution in [0.3, 0.4) is 0 Å². The van der Waals surface area contributed by atoms with Gasteiger partial charge in [-0.2, -0.15) is 0 Å². The normalized spacial score (nSPS) is 12.1. The van der Waals surface area contributed by atoms with Gasteiger partial charge < -0.3 is 0 Å². The average Bonchev–Trinajstić information content (AvgIpc) is 2.83. The highest BCUT2D eigenvalue weighted by Gasteiger charge is 1.98. The maximum absolute atomic E-state index is 11.3. The number of hydrogen-bond acceptors (Lipinski definition) is 1. The van der Waals surface area contributed by atoms with Gasteiger partial charge >= 0.3 is 0 Å². The second-order valence-corrected chi connectivity index (χ2v) is 10.2. The van der Waals surface area contributed by atoms with Gasteiger partial charge in [0.2, 0.25) is 0 Å². The van der Waals surface area contributed by atoms with Gasteiger partial charge in [0, 0.05) is 0 Å². The smallest absolute Gasteiger partial charge is 0.145 e. The molecule has 194 valence electrons. The van der Waals surface area contributed by atoms with Gasteiger partial charge in [-0.05, 0) is 56.9 Å². The lowest BCUT2D eigenvalue weighted by Crippen LogP contribution is -1.88. The molecule has 1 nitrogen and oxygen atoms in total. The quantitative estimate of drug-likeness (QED) is 0.0515. The van der Waals surface area contributed by atoms with Crippen molar-refractivity contribution in [2.45, 2.75) is 174 Å². The summed E-state index contributed by atoms with van der Waals surface area (Å²) in [5.74, 6) is 0. The van der Waals surface area contributed by atoms with E-state index in [1.165, 1.54) is 148 Å². The number of carbonyl (C=O) groups is 1. The van der Waals surface area contributed by atoms with Crippen molar-refractivity contribution in [1.29, 1.82) is 0 Å². The summed E-state index contributed by atoms with van der Waals surface area (Å²) in [6, 6.07) is 0. The molecule has 0 bridgehead atoms. The SMILES string of the molecule is CCCCCCCC/C=C\CCCCCC/C=C(/C=O)CCCCCCCCCCCCC. The molecule has 0 aromatic carbocycles. The van der Waals surface area contributed by atoms with Crippen LogP contribution in [0.1, 0.15) is 174 Å². The van der Waals surface area contributed by atoms with E-state index in [4.69, 9.17) is 0 Å². The molecule has 1 heteroatoms. The van der Waals surface area contributed by atoms with Gasteiger partial charge in [0.05, 0.1) is 0 Å². The molecule has 0 unspecified atom stereocenters. The summed E-state index contributed by atoms with van der Waals surface area (Å²) in [5, 5.41) is 0. The highest BCUT2D eigenvalue weighted by molar-refractivity contribution is 5.72. The second kappa shape index (κ2) is 29.2. The van der Waals surface area contributed by atoms with Crippen molar-refractivity contribution >= 4 is 6.29 Å². The molecule has 0 aliphatic rings. The van der Waals surface area contributed by atoms with Crippen molar-refractivity contribution < 1.29 is 4.79 Å². The number of allylic oxidation sites excluding steroid dienone is 4. The maximum Gasteiger partial charge on any atom is 0.145 e. The summed E-state index contributed by atoms with van der Waals surface area (Å²) in [6.45, 7) is 4.56. The van der Waals surface area contributed by atoms with E-state index in [1.807, 2.05) is 0 Å². The Balaban J connectivity index is 3.42. The fraction of sp³-hybridized carbons (Fsp3) is 0.844. The van der Waals surface area contributed by atoms with Crippen LogP contribution in [0.25, 0.3) is 0 Å². The van der Waals surface area contributed by atoms with Crippen molar-refractivity contribution in [3.63, 3.8) is 0 Å². The number of rotatable bonds is 27. The molecule has 0 saturated heterocycles. The fourth-order valence-electron chi connectivity index (χ4n) is 4.53. The Bertz CT molecular complexity index is 434. The molecule has 0 saturated carbocycles. The van der Waals surface area contributed by atoms with Crippen LogP contribution in [0, 0.1) is 0 Å². The van der Waals surface area contributed by atoms with Crippen LogP contribution in [0.2, 0.25) is 0 Å². The Kier molecular flexibility index (Phi) is 28.4. The third-order valence-electron chi connectivity index (χ3n) is 6.84. The predicted molar refractivity (Wildman–Crippen MR) is 150 cm³/mol. The molecule has 0 spiro atoms. The van der Waals surface area contributed by atoms with Gasteiger partial charge in [0.1, 0.15) is 6.29 Å². The fourth-order valence-corrected chi connectivity index (χ4v) is 4.53. The number of carbonyl (C=O) groups excluding carboxylic acids is 1. The topological polar surface area (TPSA) is 17.1 Å². The Morgan fingerprint density at radius 1 is 0.455 bits per heavy atom. The molecule has 33 heavy (non-hydrogen) atoms. The van der Waals surface area contributed by atoms with Crippen molar-refractivity contribution in [3.05, 3.63) is 23.8 Å². The highest BCUT2D eigenvalue weighted by Crippen LogP contribution is 2.15. The highest BCUT2D eigenvalue weighted by atomic mass is 16.1. The lowest BCUT2D eigenvalue weighted by molar-refractivity contribution is -0.105. The molecule has 0 N–H and O–H groups in total. The van der Waals surface area contributed by atoms with Crippen molar-refractivity contribution in [2.24, 2.45) is 0 Å². The van der Waals surface area contributed by atoms with Crippen molar-refractivity contribution in [1.82, 2.24) is 0 Å². The minimum atomic E-state index is 0.990. The van der Waals surface area contributed by atoms with Crippen LogP contribution >= 0.6 is 0 Å². The summed E-state index contributed by atoms with van der Waals surface area (Å²) in [5.41, 5.74) is 1.04. The summed E-state index contributed by atoms with van der Waals surface area (Å²) in [6.07, 6.45) is 41.2. The first kappa shape index (κ1) is 32.1. The van der Waals surface area contributed by atoms with Gasteiger partial charge in [-0.15, -0.1) is 0 Å². The zero-order chi connectivity index (χ0) is 24.1. The molecule has 0 fully saturated rings. The van der Waals surface area contributed by atoms with E-state index in [1.54, 1.807) is 0 Å². The summed E-state index contributed by atoms with van der Waals surface area (Å²) in [4.78, 5) is 11.3. The standard InChI is InChI=1S/C32H60O/c1-3-5-7-9-11-13-15-16-17-18-20-22-24-26-28-30-32(31-33)29-27-25-23-21-19-14-12-10-8-6-4-2/h16-17,30-31H,3-15,18-29H2,1-2H3/b17-16-,32-30+. The second-order valence-electron chi connectivity index (χ2n) is 10.2. The third kappa shape index (κ3) is 27.3. The van der Waals surface area contributed by atoms with Crippen LogP contribution in [-0.2, 0) is 4.79 Å². The predicted octanol–water partition coefficient (Wildman–Crippen LogP) is 11.5. The molecule has 0 aromatic rings. The van der Waals surface area contributed by atoms with Gasteiger partial charge in [-0.25, -0.2) is 0 Å². The molecular weight excluding hydrogens is 400 g/mol. The molecule has 0 aliphatic carbocycles.